The van der Waals surface area contributed by atoms with Crippen molar-refractivity contribution in [3.05, 3.63) is 82.9 Å². The first-order chi connectivity index (χ1) is 14.1. The summed E-state index contributed by atoms with van der Waals surface area (Å²) in [5, 5.41) is 0. The number of aryl methyl sites for hydroxylation is 3. The minimum Gasteiger partial charge on any atom is -0.207 e. The second-order valence-corrected chi connectivity index (χ2v) is 8.19. The van der Waals surface area contributed by atoms with E-state index in [0.29, 0.717) is 5.56 Å². The molecule has 0 heterocycles. The van der Waals surface area contributed by atoms with Crippen molar-refractivity contribution >= 4 is 0 Å². The van der Waals surface area contributed by atoms with E-state index in [1.807, 2.05) is 6.07 Å². The number of unbranched alkanes of at least 4 members (excludes halogenated alkanes) is 4. The molecule has 2 heteroatoms. The van der Waals surface area contributed by atoms with E-state index in [4.69, 9.17) is 0 Å². The van der Waals surface area contributed by atoms with Crippen LogP contribution in [0.15, 0.2) is 54.6 Å². The van der Waals surface area contributed by atoms with Crippen LogP contribution in [0.1, 0.15) is 55.7 Å². The van der Waals surface area contributed by atoms with Gasteiger partial charge in [-0.2, -0.15) is 0 Å². The van der Waals surface area contributed by atoms with Crippen molar-refractivity contribution in [2.45, 2.75) is 58.3 Å². The maximum absolute atomic E-state index is 13.6. The molecule has 0 unspecified atom stereocenters. The molecule has 0 bridgehead atoms. The second kappa shape index (κ2) is 8.90. The third kappa shape index (κ3) is 4.58. The highest BCUT2D eigenvalue weighted by molar-refractivity contribution is 5.77. The lowest BCUT2D eigenvalue weighted by Gasteiger charge is -2.22. The van der Waals surface area contributed by atoms with Crippen molar-refractivity contribution in [1.82, 2.24) is 0 Å². The van der Waals surface area contributed by atoms with Gasteiger partial charge in [-0.1, -0.05) is 69.0 Å². The number of benzene rings is 3. The predicted octanol–water partition coefficient (Wildman–Crippen LogP) is 7.91. The number of rotatable bonds is 7. The zero-order valence-corrected chi connectivity index (χ0v) is 17.1. The first-order valence-electron chi connectivity index (χ1n) is 10.9. The van der Waals surface area contributed by atoms with Crippen LogP contribution in [0, 0.1) is 11.6 Å². The minimum absolute atomic E-state index is 0.537. The van der Waals surface area contributed by atoms with Crippen molar-refractivity contribution in [3.8, 4) is 22.3 Å². The quantitative estimate of drug-likeness (QED) is 0.360. The second-order valence-electron chi connectivity index (χ2n) is 8.19. The highest BCUT2D eigenvalue weighted by Crippen LogP contribution is 2.36. The predicted molar refractivity (Wildman–Crippen MR) is 117 cm³/mol. The van der Waals surface area contributed by atoms with Gasteiger partial charge < -0.3 is 0 Å². The molecule has 0 saturated carbocycles. The Morgan fingerprint density at radius 2 is 1.31 bits per heavy atom. The smallest absolute Gasteiger partial charge is 0.126 e. The topological polar surface area (TPSA) is 0 Å². The maximum Gasteiger partial charge on any atom is 0.126 e. The van der Waals surface area contributed by atoms with Gasteiger partial charge in [0.25, 0.3) is 0 Å². The van der Waals surface area contributed by atoms with E-state index in [2.05, 4.69) is 37.3 Å². The molecule has 0 aromatic heterocycles. The molecule has 0 spiro atoms. The molecule has 0 N–H and O–H groups in total. The van der Waals surface area contributed by atoms with Gasteiger partial charge in [0.2, 0.25) is 0 Å². The van der Waals surface area contributed by atoms with Crippen LogP contribution in [0.25, 0.3) is 22.3 Å². The van der Waals surface area contributed by atoms with Gasteiger partial charge in [0.05, 0.1) is 0 Å². The molecule has 150 valence electrons. The van der Waals surface area contributed by atoms with Gasteiger partial charge in [0.15, 0.2) is 0 Å². The monoisotopic (exact) mass is 390 g/mol. The molecular weight excluding hydrogens is 362 g/mol. The molecule has 1 aliphatic carbocycles. The summed E-state index contributed by atoms with van der Waals surface area (Å²) in [5.41, 5.74) is 8.14. The first kappa shape index (κ1) is 19.8. The lowest BCUT2D eigenvalue weighted by Crippen LogP contribution is -2.05. The fraction of sp³-hybridized carbons (Fsp3) is 0.333. The largest absolute Gasteiger partial charge is 0.207 e. The van der Waals surface area contributed by atoms with Crippen molar-refractivity contribution in [1.29, 1.82) is 0 Å². The van der Waals surface area contributed by atoms with Crippen LogP contribution in [0.5, 0.6) is 0 Å². The standard InChI is InChI=1S/C27H28F2/c1-2-3-4-5-6-7-19-8-12-26-21(14-19)9-10-22-15-20(11-13-27(22)26)23-16-24(28)18-25(29)17-23/h8,11-18H,2-7,9-10H2,1H3. The third-order valence-corrected chi connectivity index (χ3v) is 5.99. The zero-order chi connectivity index (χ0) is 20.2. The minimum atomic E-state index is -0.537. The van der Waals surface area contributed by atoms with Gasteiger partial charge >= 0.3 is 0 Å². The molecule has 4 rings (SSSR count). The molecule has 1 aliphatic rings. The maximum atomic E-state index is 13.6. The zero-order valence-electron chi connectivity index (χ0n) is 17.1. The van der Waals surface area contributed by atoms with E-state index >= 15 is 0 Å². The van der Waals surface area contributed by atoms with E-state index in [0.717, 1.165) is 30.9 Å². The summed E-state index contributed by atoms with van der Waals surface area (Å²) >= 11 is 0. The number of halogens is 2. The summed E-state index contributed by atoms with van der Waals surface area (Å²) in [6.07, 6.45) is 9.70. The van der Waals surface area contributed by atoms with E-state index in [-0.39, 0.29) is 0 Å². The molecule has 0 amide bonds. The van der Waals surface area contributed by atoms with Crippen LogP contribution in [0.4, 0.5) is 8.78 Å². The Morgan fingerprint density at radius 3 is 2.03 bits per heavy atom. The van der Waals surface area contributed by atoms with Crippen LogP contribution in [0.3, 0.4) is 0 Å². The summed E-state index contributed by atoms with van der Waals surface area (Å²) in [4.78, 5) is 0. The molecule has 3 aromatic carbocycles. The Kier molecular flexibility index (Phi) is 6.08. The average Bonchev–Trinajstić information content (AvgIpc) is 2.72. The summed E-state index contributed by atoms with van der Waals surface area (Å²) in [5.74, 6) is -1.07. The average molecular weight is 391 g/mol. The molecule has 0 aliphatic heterocycles. The fourth-order valence-electron chi connectivity index (χ4n) is 4.44. The Morgan fingerprint density at radius 1 is 0.655 bits per heavy atom. The summed E-state index contributed by atoms with van der Waals surface area (Å²) in [6.45, 7) is 2.25. The Bertz CT molecular complexity index is 983. The van der Waals surface area contributed by atoms with Crippen LogP contribution < -0.4 is 0 Å². The molecule has 3 aromatic rings. The van der Waals surface area contributed by atoms with Crippen LogP contribution in [-0.4, -0.2) is 0 Å². The van der Waals surface area contributed by atoms with Gasteiger partial charge in [-0.05, 0) is 76.8 Å². The van der Waals surface area contributed by atoms with Crippen molar-refractivity contribution < 1.29 is 8.78 Å². The normalized spacial score (nSPS) is 12.5. The van der Waals surface area contributed by atoms with Gasteiger partial charge in [0, 0.05) is 6.07 Å². The van der Waals surface area contributed by atoms with Crippen molar-refractivity contribution in [2.75, 3.05) is 0 Å². The van der Waals surface area contributed by atoms with Gasteiger partial charge in [-0.25, -0.2) is 8.78 Å². The van der Waals surface area contributed by atoms with Gasteiger partial charge in [-0.3, -0.25) is 0 Å². The number of fused-ring (bicyclic) bond motifs is 3. The summed E-state index contributed by atoms with van der Waals surface area (Å²) in [6, 6.07) is 16.8. The molecule has 29 heavy (non-hydrogen) atoms. The van der Waals surface area contributed by atoms with Crippen molar-refractivity contribution in [2.24, 2.45) is 0 Å². The van der Waals surface area contributed by atoms with E-state index in [9.17, 15) is 8.78 Å². The SMILES string of the molecule is CCCCCCCc1ccc2c(c1)CCc1cc(-c3cc(F)cc(F)c3)ccc1-2. The molecule has 0 nitrogen and oxygen atoms in total. The van der Waals surface area contributed by atoms with E-state index in [1.165, 1.54) is 72.1 Å². The Labute approximate surface area is 172 Å². The highest BCUT2D eigenvalue weighted by Gasteiger charge is 2.17. The van der Waals surface area contributed by atoms with Crippen LogP contribution >= 0.6 is 0 Å². The first-order valence-corrected chi connectivity index (χ1v) is 10.9. The fourth-order valence-corrected chi connectivity index (χ4v) is 4.44. The van der Waals surface area contributed by atoms with E-state index < -0.39 is 11.6 Å². The van der Waals surface area contributed by atoms with Crippen LogP contribution in [0.2, 0.25) is 0 Å². The van der Waals surface area contributed by atoms with Gasteiger partial charge in [-0.15, -0.1) is 0 Å². The number of hydrogen-bond acceptors (Lipinski definition) is 0. The molecule has 0 saturated heterocycles. The Balaban J connectivity index is 1.54. The molecule has 0 radical (unpaired) electrons. The highest BCUT2D eigenvalue weighted by atomic mass is 19.1. The molecule has 0 atom stereocenters. The lowest BCUT2D eigenvalue weighted by atomic mass is 9.83. The van der Waals surface area contributed by atoms with Crippen LogP contribution in [-0.2, 0) is 19.3 Å². The molecular formula is C27H28F2. The lowest BCUT2D eigenvalue weighted by molar-refractivity contribution is 0.584. The number of hydrogen-bond donors (Lipinski definition) is 0. The summed E-state index contributed by atoms with van der Waals surface area (Å²) in [7, 11) is 0. The van der Waals surface area contributed by atoms with E-state index in [1.54, 1.807) is 0 Å². The molecule has 0 fully saturated rings. The summed E-state index contributed by atoms with van der Waals surface area (Å²) < 4.78 is 27.2. The Hall–Kier alpha value is -2.48. The van der Waals surface area contributed by atoms with Crippen molar-refractivity contribution in [3.63, 3.8) is 0 Å². The van der Waals surface area contributed by atoms with Gasteiger partial charge in [0.1, 0.15) is 11.6 Å². The third-order valence-electron chi connectivity index (χ3n) is 5.99.